The van der Waals surface area contributed by atoms with Crippen molar-refractivity contribution in [3.8, 4) is 11.5 Å². The Balaban J connectivity index is 1.67. The Morgan fingerprint density at radius 2 is 2.04 bits per heavy atom. The van der Waals surface area contributed by atoms with Gasteiger partial charge >= 0.3 is 5.97 Å². The molecule has 4 heteroatoms. The summed E-state index contributed by atoms with van der Waals surface area (Å²) in [7, 11) is 0. The van der Waals surface area contributed by atoms with Gasteiger partial charge in [-0.3, -0.25) is 0 Å². The number of phenolic OH excluding ortho intramolecular Hbond substituents is 2. The van der Waals surface area contributed by atoms with Crippen molar-refractivity contribution in [1.82, 2.24) is 0 Å². The van der Waals surface area contributed by atoms with E-state index in [4.69, 9.17) is 4.74 Å². The molecule has 1 aromatic carbocycles. The van der Waals surface area contributed by atoms with E-state index >= 15 is 0 Å². The summed E-state index contributed by atoms with van der Waals surface area (Å²) in [6.07, 6.45) is 8.61. The number of hydrogen-bond donors (Lipinski definition) is 2. The molecule has 2 aliphatic rings. The van der Waals surface area contributed by atoms with Gasteiger partial charge in [0.1, 0.15) is 11.5 Å². The Kier molecular flexibility index (Phi) is 5.60. The van der Waals surface area contributed by atoms with Gasteiger partial charge in [-0.2, -0.15) is 0 Å². The summed E-state index contributed by atoms with van der Waals surface area (Å²) in [5, 5.41) is 19.2. The highest BCUT2D eigenvalue weighted by Gasteiger charge is 2.53. The highest BCUT2D eigenvalue weighted by atomic mass is 16.5. The Hall–Kier alpha value is -2.23. The average molecular weight is 385 g/mol. The van der Waals surface area contributed by atoms with Crippen molar-refractivity contribution in [3.05, 3.63) is 42.0 Å². The molecular formula is C24H32O4. The molecule has 28 heavy (non-hydrogen) atoms. The number of carbonyl (C=O) groups excluding carboxylic acids is 1. The van der Waals surface area contributed by atoms with Gasteiger partial charge in [-0.15, -0.1) is 0 Å². The van der Waals surface area contributed by atoms with Crippen molar-refractivity contribution in [3.63, 3.8) is 0 Å². The lowest BCUT2D eigenvalue weighted by molar-refractivity contribution is -0.143. The lowest BCUT2D eigenvalue weighted by Crippen LogP contribution is -2.50. The van der Waals surface area contributed by atoms with Gasteiger partial charge in [0.25, 0.3) is 0 Å². The largest absolute Gasteiger partial charge is 0.508 e. The van der Waals surface area contributed by atoms with Crippen molar-refractivity contribution in [2.75, 3.05) is 6.61 Å². The Morgan fingerprint density at radius 1 is 1.29 bits per heavy atom. The molecule has 0 unspecified atom stereocenters. The molecule has 3 rings (SSSR count). The molecule has 0 saturated heterocycles. The average Bonchev–Trinajstić information content (AvgIpc) is 2.59. The zero-order valence-corrected chi connectivity index (χ0v) is 17.2. The summed E-state index contributed by atoms with van der Waals surface area (Å²) in [4.78, 5) is 12.3. The van der Waals surface area contributed by atoms with Crippen molar-refractivity contribution in [2.24, 2.45) is 22.7 Å². The summed E-state index contributed by atoms with van der Waals surface area (Å²) in [6.45, 7) is 11.8. The van der Waals surface area contributed by atoms with Crippen LogP contribution in [0.5, 0.6) is 11.5 Å². The predicted molar refractivity (Wildman–Crippen MR) is 111 cm³/mol. The zero-order valence-electron chi connectivity index (χ0n) is 17.2. The molecule has 4 nitrogen and oxygen atoms in total. The lowest BCUT2D eigenvalue weighted by atomic mass is 9.48. The van der Waals surface area contributed by atoms with Crippen molar-refractivity contribution in [2.45, 2.75) is 52.9 Å². The third-order valence-corrected chi connectivity index (χ3v) is 7.12. The maximum Gasteiger partial charge on any atom is 0.330 e. The second-order valence-electron chi connectivity index (χ2n) is 9.36. The third kappa shape index (κ3) is 3.96. The van der Waals surface area contributed by atoms with E-state index in [1.807, 2.05) is 0 Å². The van der Waals surface area contributed by atoms with Gasteiger partial charge in [0.15, 0.2) is 0 Å². The van der Waals surface area contributed by atoms with Crippen LogP contribution in [0.25, 0.3) is 6.08 Å². The fourth-order valence-electron chi connectivity index (χ4n) is 5.63. The molecular weight excluding hydrogens is 352 g/mol. The van der Waals surface area contributed by atoms with Crippen LogP contribution in [0, 0.1) is 22.7 Å². The molecule has 1 aromatic rings. The second-order valence-corrected chi connectivity index (χ2v) is 9.36. The number of benzene rings is 1. The molecule has 2 aliphatic carbocycles. The molecule has 0 bridgehead atoms. The van der Waals surface area contributed by atoms with Gasteiger partial charge < -0.3 is 14.9 Å². The van der Waals surface area contributed by atoms with Gasteiger partial charge in [0, 0.05) is 23.6 Å². The number of phenols is 2. The summed E-state index contributed by atoms with van der Waals surface area (Å²) in [5.41, 5.74) is 2.09. The SMILES string of the molecule is C=C1CC[C@H]2C(C)(C)CCC[C@]2(C)[C@H]1COC(=O)C=Cc1ccc(O)cc1O. The number of carbonyl (C=O) groups is 1. The van der Waals surface area contributed by atoms with Gasteiger partial charge in [-0.25, -0.2) is 4.79 Å². The quantitative estimate of drug-likeness (QED) is 0.411. The standard InChI is InChI=1S/C24H32O4/c1-16-6-10-21-23(2,3)12-5-13-24(21,4)19(16)15-28-22(27)11-8-17-7-9-18(25)14-20(17)26/h7-9,11,14,19,21,25-26H,1,5-6,10,12-13,15H2,2-4H3/t19-,21-,24+/m0/s1. The fraction of sp³-hybridized carbons (Fsp3) is 0.542. The van der Waals surface area contributed by atoms with Crippen LogP contribution in [0.1, 0.15) is 58.4 Å². The first kappa shape index (κ1) is 20.5. The van der Waals surface area contributed by atoms with Crippen LogP contribution in [-0.2, 0) is 9.53 Å². The maximum atomic E-state index is 12.3. The van der Waals surface area contributed by atoms with Crippen molar-refractivity contribution < 1.29 is 19.7 Å². The van der Waals surface area contributed by atoms with E-state index in [0.29, 0.717) is 23.5 Å². The first-order valence-electron chi connectivity index (χ1n) is 10.2. The summed E-state index contributed by atoms with van der Waals surface area (Å²) in [5.74, 6) is 0.273. The number of hydrogen-bond acceptors (Lipinski definition) is 4. The predicted octanol–water partition coefficient (Wildman–Crippen LogP) is 5.45. The third-order valence-electron chi connectivity index (χ3n) is 7.12. The Bertz CT molecular complexity index is 792. The van der Waals surface area contributed by atoms with E-state index in [1.54, 1.807) is 6.07 Å². The number of fused-ring (bicyclic) bond motifs is 1. The molecule has 0 aromatic heterocycles. The minimum absolute atomic E-state index is 0.0220. The zero-order chi connectivity index (χ0) is 20.5. The molecule has 2 fully saturated rings. The fourth-order valence-corrected chi connectivity index (χ4v) is 5.63. The van der Waals surface area contributed by atoms with E-state index in [9.17, 15) is 15.0 Å². The molecule has 2 saturated carbocycles. The highest BCUT2D eigenvalue weighted by Crippen LogP contribution is 2.60. The van der Waals surface area contributed by atoms with Crippen LogP contribution in [0.2, 0.25) is 0 Å². The van der Waals surface area contributed by atoms with E-state index in [2.05, 4.69) is 27.4 Å². The van der Waals surface area contributed by atoms with Gasteiger partial charge in [0.2, 0.25) is 0 Å². The maximum absolute atomic E-state index is 12.3. The summed E-state index contributed by atoms with van der Waals surface area (Å²) < 4.78 is 5.60. The van der Waals surface area contributed by atoms with E-state index in [1.165, 1.54) is 49.1 Å². The molecule has 2 N–H and O–H groups in total. The minimum atomic E-state index is -0.430. The molecule has 0 spiro atoms. The first-order chi connectivity index (χ1) is 13.1. The second kappa shape index (κ2) is 7.65. The monoisotopic (exact) mass is 384 g/mol. The summed E-state index contributed by atoms with van der Waals surface area (Å²) >= 11 is 0. The summed E-state index contributed by atoms with van der Waals surface area (Å²) in [6, 6.07) is 4.25. The number of ether oxygens (including phenoxy) is 1. The van der Waals surface area contributed by atoms with Crippen LogP contribution in [0.4, 0.5) is 0 Å². The first-order valence-corrected chi connectivity index (χ1v) is 10.2. The Morgan fingerprint density at radius 3 is 2.75 bits per heavy atom. The number of esters is 1. The van der Waals surface area contributed by atoms with E-state index < -0.39 is 5.97 Å². The van der Waals surface area contributed by atoms with E-state index in [0.717, 1.165) is 12.8 Å². The topological polar surface area (TPSA) is 66.8 Å². The lowest BCUT2D eigenvalue weighted by Gasteiger charge is -2.57. The Labute approximate surface area is 167 Å². The molecule has 0 aliphatic heterocycles. The normalized spacial score (nSPS) is 29.5. The van der Waals surface area contributed by atoms with Crippen LogP contribution < -0.4 is 0 Å². The number of rotatable bonds is 4. The van der Waals surface area contributed by atoms with Crippen LogP contribution in [0.15, 0.2) is 36.4 Å². The molecule has 0 heterocycles. The van der Waals surface area contributed by atoms with Crippen LogP contribution in [0.3, 0.4) is 0 Å². The smallest absolute Gasteiger partial charge is 0.330 e. The molecule has 0 radical (unpaired) electrons. The van der Waals surface area contributed by atoms with Crippen LogP contribution in [-0.4, -0.2) is 22.8 Å². The molecule has 152 valence electrons. The van der Waals surface area contributed by atoms with E-state index in [-0.39, 0.29) is 22.8 Å². The van der Waals surface area contributed by atoms with Gasteiger partial charge in [-0.1, -0.05) is 39.3 Å². The minimum Gasteiger partial charge on any atom is -0.508 e. The van der Waals surface area contributed by atoms with Crippen LogP contribution >= 0.6 is 0 Å². The number of aromatic hydroxyl groups is 2. The van der Waals surface area contributed by atoms with Gasteiger partial charge in [-0.05, 0) is 60.6 Å². The van der Waals surface area contributed by atoms with Crippen molar-refractivity contribution in [1.29, 1.82) is 0 Å². The van der Waals surface area contributed by atoms with Gasteiger partial charge in [0.05, 0.1) is 6.61 Å². The van der Waals surface area contributed by atoms with Crippen molar-refractivity contribution >= 4 is 12.0 Å². The molecule has 3 atom stereocenters. The molecule has 0 amide bonds. The highest BCUT2D eigenvalue weighted by molar-refractivity contribution is 5.87.